The van der Waals surface area contributed by atoms with E-state index in [9.17, 15) is 4.79 Å². The number of carbonyl (C=O) groups is 1. The molecule has 1 aromatic rings. The molecule has 0 bridgehead atoms. The molecular weight excluding hydrogens is 234 g/mol. The summed E-state index contributed by atoms with van der Waals surface area (Å²) < 4.78 is 15.4. The Morgan fingerprint density at radius 2 is 2.17 bits per heavy atom. The molecule has 0 heterocycles. The van der Waals surface area contributed by atoms with Crippen LogP contribution in [0.5, 0.6) is 5.75 Å². The summed E-state index contributed by atoms with van der Waals surface area (Å²) >= 11 is 0. The average molecular weight is 253 g/mol. The normalized spacial score (nSPS) is 11.9. The first-order valence-electron chi connectivity index (χ1n) is 5.80. The maximum Gasteiger partial charge on any atom is 0.338 e. The third kappa shape index (κ3) is 3.92. The number of esters is 1. The van der Waals surface area contributed by atoms with Crippen molar-refractivity contribution in [3.8, 4) is 5.75 Å². The fourth-order valence-corrected chi connectivity index (χ4v) is 1.48. The quantitative estimate of drug-likeness (QED) is 0.619. The maximum atomic E-state index is 11.5. The molecule has 0 amide bonds. The van der Waals surface area contributed by atoms with Crippen molar-refractivity contribution in [3.05, 3.63) is 23.8 Å². The fraction of sp³-hybridized carbons (Fsp3) is 0.462. The minimum atomic E-state index is -0.388. The van der Waals surface area contributed by atoms with Crippen LogP contribution >= 0.6 is 0 Å². The molecule has 0 aliphatic heterocycles. The van der Waals surface area contributed by atoms with E-state index < -0.39 is 0 Å². The third-order valence-corrected chi connectivity index (χ3v) is 2.25. The first kappa shape index (κ1) is 14.3. The van der Waals surface area contributed by atoms with E-state index in [1.807, 2.05) is 6.92 Å². The van der Waals surface area contributed by atoms with Crippen molar-refractivity contribution < 1.29 is 19.0 Å². The van der Waals surface area contributed by atoms with Gasteiger partial charge in [0.05, 0.1) is 24.5 Å². The Morgan fingerprint density at radius 3 is 2.72 bits per heavy atom. The van der Waals surface area contributed by atoms with Crippen LogP contribution in [0.1, 0.15) is 24.2 Å². The van der Waals surface area contributed by atoms with E-state index in [-0.39, 0.29) is 12.1 Å². The van der Waals surface area contributed by atoms with Crippen molar-refractivity contribution in [1.29, 1.82) is 0 Å². The Bertz CT molecular complexity index is 406. The molecule has 0 aliphatic carbocycles. The van der Waals surface area contributed by atoms with E-state index in [0.717, 1.165) is 0 Å². The van der Waals surface area contributed by atoms with E-state index in [4.69, 9.17) is 19.9 Å². The lowest BCUT2D eigenvalue weighted by Crippen LogP contribution is -2.18. The molecule has 0 fully saturated rings. The lowest BCUT2D eigenvalue weighted by atomic mass is 10.2. The number of rotatable bonds is 6. The monoisotopic (exact) mass is 253 g/mol. The highest BCUT2D eigenvalue weighted by Crippen LogP contribution is 2.24. The topological polar surface area (TPSA) is 70.8 Å². The zero-order chi connectivity index (χ0) is 13.5. The van der Waals surface area contributed by atoms with Gasteiger partial charge in [-0.2, -0.15) is 0 Å². The molecule has 5 nitrogen and oxygen atoms in total. The van der Waals surface area contributed by atoms with Crippen LogP contribution in [0.15, 0.2) is 18.2 Å². The van der Waals surface area contributed by atoms with Crippen molar-refractivity contribution in [3.63, 3.8) is 0 Å². The predicted molar refractivity (Wildman–Crippen MR) is 68.8 cm³/mol. The molecule has 1 rings (SSSR count). The second-order valence-corrected chi connectivity index (χ2v) is 3.86. The van der Waals surface area contributed by atoms with Gasteiger partial charge in [0.25, 0.3) is 0 Å². The first-order valence-corrected chi connectivity index (χ1v) is 5.80. The lowest BCUT2D eigenvalue weighted by Gasteiger charge is -2.15. The van der Waals surface area contributed by atoms with Crippen LogP contribution in [0.2, 0.25) is 0 Å². The fourth-order valence-electron chi connectivity index (χ4n) is 1.48. The number of anilines is 1. The predicted octanol–water partition coefficient (Wildman–Crippen LogP) is 1.86. The van der Waals surface area contributed by atoms with Gasteiger partial charge >= 0.3 is 5.97 Å². The summed E-state index contributed by atoms with van der Waals surface area (Å²) in [6.45, 7) is 4.44. The SMILES string of the molecule is CCOC(=O)c1ccc(OC(C)COC)c(N)c1. The summed E-state index contributed by atoms with van der Waals surface area (Å²) in [6.07, 6.45) is -0.106. The second-order valence-electron chi connectivity index (χ2n) is 3.86. The number of hydrogen-bond acceptors (Lipinski definition) is 5. The van der Waals surface area contributed by atoms with Crippen LogP contribution in [0.25, 0.3) is 0 Å². The van der Waals surface area contributed by atoms with E-state index in [1.54, 1.807) is 32.2 Å². The van der Waals surface area contributed by atoms with Gasteiger partial charge in [-0.25, -0.2) is 4.79 Å². The highest BCUT2D eigenvalue weighted by Gasteiger charge is 2.11. The molecule has 0 radical (unpaired) electrons. The van der Waals surface area contributed by atoms with Crippen LogP contribution in [0.4, 0.5) is 5.69 Å². The number of hydrogen-bond donors (Lipinski definition) is 1. The molecule has 100 valence electrons. The highest BCUT2D eigenvalue weighted by atomic mass is 16.5. The zero-order valence-corrected chi connectivity index (χ0v) is 10.9. The van der Waals surface area contributed by atoms with E-state index in [1.165, 1.54) is 0 Å². The van der Waals surface area contributed by atoms with Crippen molar-refractivity contribution in [2.75, 3.05) is 26.1 Å². The molecule has 1 aromatic carbocycles. The number of ether oxygens (including phenoxy) is 3. The van der Waals surface area contributed by atoms with Gasteiger partial charge in [0, 0.05) is 7.11 Å². The second kappa shape index (κ2) is 6.86. The minimum absolute atomic E-state index is 0.106. The van der Waals surface area contributed by atoms with Crippen LogP contribution in [0, 0.1) is 0 Å². The first-order chi connectivity index (χ1) is 8.58. The Hall–Kier alpha value is -1.75. The summed E-state index contributed by atoms with van der Waals surface area (Å²) in [4.78, 5) is 11.5. The van der Waals surface area contributed by atoms with Gasteiger partial charge in [0.2, 0.25) is 0 Å². The van der Waals surface area contributed by atoms with E-state index in [2.05, 4.69) is 0 Å². The minimum Gasteiger partial charge on any atom is -0.486 e. The smallest absolute Gasteiger partial charge is 0.338 e. The number of nitrogens with two attached hydrogens (primary N) is 1. The number of nitrogen functional groups attached to an aromatic ring is 1. The molecule has 0 spiro atoms. The molecule has 0 saturated carbocycles. The molecule has 0 aliphatic rings. The summed E-state index contributed by atoms with van der Waals surface area (Å²) in [7, 11) is 1.60. The summed E-state index contributed by atoms with van der Waals surface area (Å²) in [5, 5.41) is 0. The Balaban J connectivity index is 2.76. The Labute approximate surface area is 107 Å². The molecule has 5 heteroatoms. The van der Waals surface area contributed by atoms with Crippen LogP contribution in [0.3, 0.4) is 0 Å². The molecular formula is C13H19NO4. The standard InChI is InChI=1S/C13H19NO4/c1-4-17-13(15)10-5-6-12(11(14)7-10)18-9(2)8-16-3/h5-7,9H,4,8,14H2,1-3H3. The van der Waals surface area contributed by atoms with Gasteiger partial charge in [0.1, 0.15) is 11.9 Å². The summed E-state index contributed by atoms with van der Waals surface area (Å²) in [6, 6.07) is 4.84. The Morgan fingerprint density at radius 1 is 1.44 bits per heavy atom. The van der Waals surface area contributed by atoms with Gasteiger partial charge in [-0.1, -0.05) is 0 Å². The number of methoxy groups -OCH3 is 1. The number of carbonyl (C=O) groups excluding carboxylic acids is 1. The van der Waals surface area contributed by atoms with E-state index in [0.29, 0.717) is 30.2 Å². The van der Waals surface area contributed by atoms with Crippen molar-refractivity contribution in [2.24, 2.45) is 0 Å². The summed E-state index contributed by atoms with van der Waals surface area (Å²) in [5.41, 5.74) is 6.65. The molecule has 18 heavy (non-hydrogen) atoms. The number of benzene rings is 1. The van der Waals surface area contributed by atoms with E-state index >= 15 is 0 Å². The average Bonchev–Trinajstić information content (AvgIpc) is 2.32. The van der Waals surface area contributed by atoms with Gasteiger partial charge < -0.3 is 19.9 Å². The largest absolute Gasteiger partial charge is 0.486 e. The van der Waals surface area contributed by atoms with Gasteiger partial charge in [-0.3, -0.25) is 0 Å². The van der Waals surface area contributed by atoms with Gasteiger partial charge in [0.15, 0.2) is 0 Å². The lowest BCUT2D eigenvalue weighted by molar-refractivity contribution is 0.0526. The highest BCUT2D eigenvalue weighted by molar-refractivity contribution is 5.91. The maximum absolute atomic E-state index is 11.5. The summed E-state index contributed by atoms with van der Waals surface area (Å²) in [5.74, 6) is 0.147. The van der Waals surface area contributed by atoms with Crippen molar-refractivity contribution in [2.45, 2.75) is 20.0 Å². The van der Waals surface area contributed by atoms with Crippen molar-refractivity contribution >= 4 is 11.7 Å². The van der Waals surface area contributed by atoms with Crippen molar-refractivity contribution in [1.82, 2.24) is 0 Å². The molecule has 1 atom stereocenters. The zero-order valence-electron chi connectivity index (χ0n) is 10.9. The third-order valence-electron chi connectivity index (χ3n) is 2.25. The molecule has 1 unspecified atom stereocenters. The molecule has 2 N–H and O–H groups in total. The Kier molecular flexibility index (Phi) is 5.45. The van der Waals surface area contributed by atoms with Crippen LogP contribution in [-0.2, 0) is 9.47 Å². The molecule has 0 saturated heterocycles. The van der Waals surface area contributed by atoms with Gasteiger partial charge in [-0.05, 0) is 32.0 Å². The van der Waals surface area contributed by atoms with Gasteiger partial charge in [-0.15, -0.1) is 0 Å². The van der Waals surface area contributed by atoms with Crippen LogP contribution in [-0.4, -0.2) is 32.4 Å². The van der Waals surface area contributed by atoms with Crippen LogP contribution < -0.4 is 10.5 Å². The molecule has 0 aromatic heterocycles.